The van der Waals surface area contributed by atoms with Gasteiger partial charge < -0.3 is 9.47 Å². The number of hydrogen-bond donors (Lipinski definition) is 0. The first-order valence-corrected chi connectivity index (χ1v) is 5.76. The summed E-state index contributed by atoms with van der Waals surface area (Å²) in [5.74, 6) is 0.360. The van der Waals surface area contributed by atoms with Crippen molar-refractivity contribution in [3.05, 3.63) is 29.6 Å². The summed E-state index contributed by atoms with van der Waals surface area (Å²) in [6, 6.07) is 4.60. The van der Waals surface area contributed by atoms with Crippen LogP contribution in [0.15, 0.2) is 18.2 Å². The molecule has 88 valence electrons. The first-order chi connectivity index (χ1) is 7.75. The highest BCUT2D eigenvalue weighted by Crippen LogP contribution is 2.20. The summed E-state index contributed by atoms with van der Waals surface area (Å²) < 4.78 is 24.1. The first-order valence-electron chi connectivity index (χ1n) is 5.76. The Hall–Kier alpha value is -1.09. The van der Waals surface area contributed by atoms with Crippen LogP contribution in [0.3, 0.4) is 0 Å². The smallest absolute Gasteiger partial charge is 0.126 e. The van der Waals surface area contributed by atoms with Gasteiger partial charge in [-0.2, -0.15) is 0 Å². The van der Waals surface area contributed by atoms with Crippen LogP contribution >= 0.6 is 0 Å². The maximum Gasteiger partial charge on any atom is 0.126 e. The number of rotatable bonds is 3. The van der Waals surface area contributed by atoms with Gasteiger partial charge in [0.2, 0.25) is 0 Å². The lowest BCUT2D eigenvalue weighted by atomic mass is 10.1. The summed E-state index contributed by atoms with van der Waals surface area (Å²) in [5, 5.41) is 0. The minimum Gasteiger partial charge on any atom is -0.491 e. The van der Waals surface area contributed by atoms with E-state index < -0.39 is 0 Å². The van der Waals surface area contributed by atoms with Crippen molar-refractivity contribution in [2.24, 2.45) is 0 Å². The van der Waals surface area contributed by atoms with E-state index in [1.807, 2.05) is 6.92 Å². The third-order valence-electron chi connectivity index (χ3n) is 2.85. The number of aryl methyl sites for hydroxylation is 1. The maximum absolute atomic E-state index is 13.0. The highest BCUT2D eigenvalue weighted by molar-refractivity contribution is 5.32. The summed E-state index contributed by atoms with van der Waals surface area (Å²) >= 11 is 0. The lowest BCUT2D eigenvalue weighted by Crippen LogP contribution is -2.25. The molecule has 0 saturated carbocycles. The number of hydrogen-bond acceptors (Lipinski definition) is 2. The molecule has 1 fully saturated rings. The van der Waals surface area contributed by atoms with Crippen LogP contribution in [-0.2, 0) is 4.74 Å². The molecular formula is C13H17FO2. The Bertz CT molecular complexity index is 346. The molecule has 1 aromatic carbocycles. The molecule has 1 unspecified atom stereocenters. The Morgan fingerprint density at radius 1 is 1.44 bits per heavy atom. The zero-order valence-electron chi connectivity index (χ0n) is 9.54. The fourth-order valence-corrected chi connectivity index (χ4v) is 1.85. The van der Waals surface area contributed by atoms with Gasteiger partial charge in [0, 0.05) is 12.7 Å². The maximum atomic E-state index is 13.0. The molecule has 1 saturated heterocycles. The molecule has 0 radical (unpaired) electrons. The summed E-state index contributed by atoms with van der Waals surface area (Å²) in [6.45, 7) is 3.25. The molecule has 0 bridgehead atoms. The van der Waals surface area contributed by atoms with E-state index in [1.165, 1.54) is 18.6 Å². The van der Waals surface area contributed by atoms with Crippen molar-refractivity contribution in [2.75, 3.05) is 13.2 Å². The quantitative estimate of drug-likeness (QED) is 0.785. The van der Waals surface area contributed by atoms with Crippen LogP contribution in [0.1, 0.15) is 24.8 Å². The van der Waals surface area contributed by atoms with Gasteiger partial charge in [0.25, 0.3) is 0 Å². The van der Waals surface area contributed by atoms with E-state index in [1.54, 1.807) is 6.07 Å². The molecule has 0 N–H and O–H groups in total. The topological polar surface area (TPSA) is 18.5 Å². The van der Waals surface area contributed by atoms with E-state index in [0.717, 1.165) is 25.0 Å². The average molecular weight is 224 g/mol. The van der Waals surface area contributed by atoms with E-state index >= 15 is 0 Å². The van der Waals surface area contributed by atoms with Crippen molar-refractivity contribution in [1.82, 2.24) is 0 Å². The Morgan fingerprint density at radius 2 is 2.31 bits per heavy atom. The highest BCUT2D eigenvalue weighted by atomic mass is 19.1. The first kappa shape index (κ1) is 11.4. The molecule has 1 heterocycles. The van der Waals surface area contributed by atoms with E-state index in [-0.39, 0.29) is 11.9 Å². The van der Waals surface area contributed by atoms with Gasteiger partial charge in [-0.05, 0) is 37.8 Å². The van der Waals surface area contributed by atoms with Gasteiger partial charge in [0.1, 0.15) is 18.2 Å². The van der Waals surface area contributed by atoms with Crippen molar-refractivity contribution in [2.45, 2.75) is 32.3 Å². The van der Waals surface area contributed by atoms with Crippen molar-refractivity contribution >= 4 is 0 Å². The third kappa shape index (κ3) is 2.95. The molecule has 1 aliphatic heterocycles. The van der Waals surface area contributed by atoms with Crippen LogP contribution < -0.4 is 4.74 Å². The lowest BCUT2D eigenvalue weighted by molar-refractivity contribution is -0.0112. The number of ether oxygens (including phenoxy) is 2. The van der Waals surface area contributed by atoms with Crippen LogP contribution in [0, 0.1) is 12.7 Å². The van der Waals surface area contributed by atoms with E-state index in [4.69, 9.17) is 9.47 Å². The van der Waals surface area contributed by atoms with Gasteiger partial charge in [-0.3, -0.25) is 0 Å². The van der Waals surface area contributed by atoms with E-state index in [0.29, 0.717) is 12.4 Å². The summed E-state index contributed by atoms with van der Waals surface area (Å²) in [7, 11) is 0. The molecule has 1 aliphatic rings. The van der Waals surface area contributed by atoms with Crippen molar-refractivity contribution in [1.29, 1.82) is 0 Å². The molecule has 0 aliphatic carbocycles. The summed E-state index contributed by atoms with van der Waals surface area (Å²) in [4.78, 5) is 0. The Labute approximate surface area is 95.4 Å². The average Bonchev–Trinajstić information content (AvgIpc) is 2.32. The predicted molar refractivity (Wildman–Crippen MR) is 60.2 cm³/mol. The largest absolute Gasteiger partial charge is 0.491 e. The molecule has 1 atom stereocenters. The highest BCUT2D eigenvalue weighted by Gasteiger charge is 2.14. The van der Waals surface area contributed by atoms with Gasteiger partial charge in [-0.25, -0.2) is 4.39 Å². The molecule has 0 spiro atoms. The second-order valence-electron chi connectivity index (χ2n) is 4.21. The van der Waals surface area contributed by atoms with Crippen LogP contribution in [0.25, 0.3) is 0 Å². The number of benzene rings is 1. The Kier molecular flexibility index (Phi) is 3.78. The second kappa shape index (κ2) is 5.30. The monoisotopic (exact) mass is 224 g/mol. The zero-order valence-corrected chi connectivity index (χ0v) is 9.54. The van der Waals surface area contributed by atoms with Gasteiger partial charge in [0.15, 0.2) is 0 Å². The minimum atomic E-state index is -0.259. The molecule has 1 aromatic rings. The van der Waals surface area contributed by atoms with Crippen LogP contribution in [0.5, 0.6) is 5.75 Å². The zero-order chi connectivity index (χ0) is 11.4. The van der Waals surface area contributed by atoms with Crippen LogP contribution in [0.4, 0.5) is 4.39 Å². The van der Waals surface area contributed by atoms with Crippen molar-refractivity contribution < 1.29 is 13.9 Å². The molecule has 0 amide bonds. The summed E-state index contributed by atoms with van der Waals surface area (Å²) in [6.07, 6.45) is 3.52. The molecular weight excluding hydrogens is 207 g/mol. The summed E-state index contributed by atoms with van der Waals surface area (Å²) in [5.41, 5.74) is 0.956. The van der Waals surface area contributed by atoms with E-state index in [9.17, 15) is 4.39 Å². The van der Waals surface area contributed by atoms with Crippen LogP contribution in [0.2, 0.25) is 0 Å². The van der Waals surface area contributed by atoms with Gasteiger partial charge in [-0.15, -0.1) is 0 Å². The van der Waals surface area contributed by atoms with Crippen molar-refractivity contribution in [3.63, 3.8) is 0 Å². The predicted octanol–water partition coefficient (Wildman–Crippen LogP) is 3.08. The van der Waals surface area contributed by atoms with Gasteiger partial charge in [0.05, 0.1) is 6.10 Å². The minimum absolute atomic E-state index is 0.163. The number of halogens is 1. The molecule has 0 aromatic heterocycles. The fourth-order valence-electron chi connectivity index (χ4n) is 1.85. The van der Waals surface area contributed by atoms with Gasteiger partial charge in [-0.1, -0.05) is 6.07 Å². The van der Waals surface area contributed by atoms with Crippen LogP contribution in [-0.4, -0.2) is 19.3 Å². The molecule has 2 rings (SSSR count). The Morgan fingerprint density at radius 3 is 3.06 bits per heavy atom. The Balaban J connectivity index is 1.90. The fraction of sp³-hybridized carbons (Fsp3) is 0.538. The van der Waals surface area contributed by atoms with Crippen molar-refractivity contribution in [3.8, 4) is 5.75 Å². The normalized spacial score (nSPS) is 20.8. The van der Waals surface area contributed by atoms with Gasteiger partial charge >= 0.3 is 0 Å². The molecule has 3 heteroatoms. The van der Waals surface area contributed by atoms with E-state index in [2.05, 4.69) is 0 Å². The standard InChI is InChI=1S/C13H17FO2/c1-10-5-6-11(14)8-13(10)16-9-12-4-2-3-7-15-12/h5-6,8,12H,2-4,7,9H2,1H3. The molecule has 2 nitrogen and oxygen atoms in total. The lowest BCUT2D eigenvalue weighted by Gasteiger charge is -2.23. The third-order valence-corrected chi connectivity index (χ3v) is 2.85. The molecule has 16 heavy (non-hydrogen) atoms. The SMILES string of the molecule is Cc1ccc(F)cc1OCC1CCCCO1. The second-order valence-corrected chi connectivity index (χ2v) is 4.21.